The number of alkyl carbamates (subject to hydrolysis) is 1. The van der Waals surface area contributed by atoms with E-state index in [2.05, 4.69) is 5.32 Å². The first-order valence-electron chi connectivity index (χ1n) is 10.4. The number of ether oxygens (including phenoxy) is 3. The zero-order valence-electron chi connectivity index (χ0n) is 17.4. The van der Waals surface area contributed by atoms with Crippen molar-refractivity contribution in [3.8, 4) is 0 Å². The van der Waals surface area contributed by atoms with E-state index in [-0.39, 0.29) is 19.6 Å². The minimum Gasteiger partial charge on any atom is -0.445 e. The van der Waals surface area contributed by atoms with Gasteiger partial charge in [0.2, 0.25) is 0 Å². The third-order valence-corrected chi connectivity index (χ3v) is 5.84. The number of hydrogen-bond acceptors (Lipinski definition) is 11. The normalized spacial score (nSPS) is 40.0. The van der Waals surface area contributed by atoms with Crippen molar-refractivity contribution < 1.29 is 39.4 Å². The number of hydrogen-bond donors (Lipinski definition) is 8. The van der Waals surface area contributed by atoms with Crippen LogP contribution >= 0.6 is 0 Å². The lowest BCUT2D eigenvalue weighted by Gasteiger charge is -2.46. The molecule has 11 N–H and O–H groups in total. The van der Waals surface area contributed by atoms with Gasteiger partial charge in [0.25, 0.3) is 0 Å². The molecular formula is C20H32N4O8. The molecule has 10 atom stereocenters. The standard InChI is InChI=1S/C20H32N4O8/c21-7-12-15(26)16(27)13(23)19(31-12)32-18-11(6-10(22)14(25)17(18)28)24-20(29)30-8-9-4-2-1-3-5-9/h1-5,10-19,25-28H,6-8,21-23H2,(H,24,29). The molecule has 0 aromatic heterocycles. The summed E-state index contributed by atoms with van der Waals surface area (Å²) in [6.45, 7) is -0.0833. The number of nitrogens with two attached hydrogens (primary N) is 3. The van der Waals surface area contributed by atoms with Crippen molar-refractivity contribution in [3.63, 3.8) is 0 Å². The van der Waals surface area contributed by atoms with E-state index in [0.29, 0.717) is 0 Å². The van der Waals surface area contributed by atoms with Crippen LogP contribution in [0.15, 0.2) is 30.3 Å². The summed E-state index contributed by atoms with van der Waals surface area (Å²) in [7, 11) is 0. The van der Waals surface area contributed by atoms with Crippen LogP contribution in [-0.4, -0.2) is 94.1 Å². The largest absolute Gasteiger partial charge is 0.445 e. The van der Waals surface area contributed by atoms with Crippen LogP contribution in [0.1, 0.15) is 12.0 Å². The van der Waals surface area contributed by atoms with E-state index < -0.39 is 67.1 Å². The molecule has 32 heavy (non-hydrogen) atoms. The van der Waals surface area contributed by atoms with E-state index in [9.17, 15) is 25.2 Å². The first-order chi connectivity index (χ1) is 15.2. The second-order valence-corrected chi connectivity index (χ2v) is 8.13. The van der Waals surface area contributed by atoms with Crippen LogP contribution < -0.4 is 22.5 Å². The van der Waals surface area contributed by atoms with Crippen LogP contribution in [0, 0.1) is 0 Å². The number of nitrogens with one attached hydrogen (secondary N) is 1. The molecular weight excluding hydrogens is 424 g/mol. The minimum absolute atomic E-state index is 0.0288. The fraction of sp³-hybridized carbons (Fsp3) is 0.650. The van der Waals surface area contributed by atoms with Gasteiger partial charge in [-0.2, -0.15) is 0 Å². The Morgan fingerprint density at radius 1 is 1.06 bits per heavy atom. The average Bonchev–Trinajstić information content (AvgIpc) is 2.79. The maximum absolute atomic E-state index is 12.4. The molecule has 180 valence electrons. The van der Waals surface area contributed by atoms with Crippen LogP contribution in [0.25, 0.3) is 0 Å². The number of carbonyl (C=O) groups is 1. The fourth-order valence-electron chi connectivity index (χ4n) is 3.91. The van der Waals surface area contributed by atoms with Gasteiger partial charge >= 0.3 is 6.09 Å². The van der Waals surface area contributed by atoms with Crippen molar-refractivity contribution >= 4 is 6.09 Å². The number of rotatable bonds is 6. The van der Waals surface area contributed by atoms with Gasteiger partial charge in [-0.3, -0.25) is 0 Å². The van der Waals surface area contributed by atoms with Crippen molar-refractivity contribution in [2.24, 2.45) is 17.2 Å². The molecule has 1 saturated carbocycles. The van der Waals surface area contributed by atoms with Crippen molar-refractivity contribution in [1.82, 2.24) is 5.32 Å². The summed E-state index contributed by atoms with van der Waals surface area (Å²) < 4.78 is 16.6. The van der Waals surface area contributed by atoms with Crippen molar-refractivity contribution in [2.75, 3.05) is 6.54 Å². The second-order valence-electron chi connectivity index (χ2n) is 8.13. The average molecular weight is 456 g/mol. The lowest BCUT2D eigenvalue weighted by Crippen LogP contribution is -2.68. The Hall–Kier alpha value is -1.87. The Bertz CT molecular complexity index is 742. The number of aliphatic hydroxyl groups is 4. The van der Waals surface area contributed by atoms with E-state index in [1.54, 1.807) is 12.1 Å². The molecule has 3 rings (SSSR count). The third kappa shape index (κ3) is 5.54. The summed E-state index contributed by atoms with van der Waals surface area (Å²) in [6.07, 6.45) is -9.65. The van der Waals surface area contributed by atoms with Crippen molar-refractivity contribution in [3.05, 3.63) is 35.9 Å². The monoisotopic (exact) mass is 456 g/mol. The predicted octanol–water partition coefficient (Wildman–Crippen LogP) is -3.15. The summed E-state index contributed by atoms with van der Waals surface area (Å²) in [5, 5.41) is 43.6. The third-order valence-electron chi connectivity index (χ3n) is 5.84. The molecule has 1 aliphatic heterocycles. The molecule has 2 fully saturated rings. The Morgan fingerprint density at radius 2 is 1.75 bits per heavy atom. The molecule has 1 aromatic carbocycles. The zero-order valence-corrected chi connectivity index (χ0v) is 17.4. The van der Waals surface area contributed by atoms with E-state index in [1.807, 2.05) is 18.2 Å². The number of aliphatic hydroxyl groups excluding tert-OH is 4. The van der Waals surface area contributed by atoms with Crippen LogP contribution in [0.5, 0.6) is 0 Å². The molecule has 1 aliphatic carbocycles. The van der Waals surface area contributed by atoms with Gasteiger partial charge in [-0.05, 0) is 12.0 Å². The number of carbonyl (C=O) groups excluding carboxylic acids is 1. The summed E-state index contributed by atoms with van der Waals surface area (Å²) in [4.78, 5) is 12.4. The molecule has 2 aliphatic rings. The lowest BCUT2D eigenvalue weighted by atomic mass is 9.84. The Labute approximate surface area is 185 Å². The van der Waals surface area contributed by atoms with E-state index in [1.165, 1.54) is 0 Å². The number of amides is 1. The molecule has 12 nitrogen and oxygen atoms in total. The molecule has 10 unspecified atom stereocenters. The topological polar surface area (TPSA) is 216 Å². The van der Waals surface area contributed by atoms with Crippen LogP contribution in [0.3, 0.4) is 0 Å². The van der Waals surface area contributed by atoms with E-state index in [0.717, 1.165) is 5.56 Å². The second kappa shape index (κ2) is 10.8. The van der Waals surface area contributed by atoms with E-state index in [4.69, 9.17) is 31.4 Å². The van der Waals surface area contributed by atoms with Crippen LogP contribution in [0.4, 0.5) is 4.79 Å². The van der Waals surface area contributed by atoms with E-state index >= 15 is 0 Å². The van der Waals surface area contributed by atoms with Gasteiger partial charge in [-0.15, -0.1) is 0 Å². The molecule has 0 radical (unpaired) electrons. The Balaban J connectivity index is 1.68. The van der Waals surface area contributed by atoms with Gasteiger partial charge in [0, 0.05) is 12.6 Å². The highest BCUT2D eigenvalue weighted by molar-refractivity contribution is 5.67. The molecule has 1 amide bonds. The smallest absolute Gasteiger partial charge is 0.407 e. The summed E-state index contributed by atoms with van der Waals surface area (Å²) >= 11 is 0. The van der Waals surface area contributed by atoms with Crippen LogP contribution in [0.2, 0.25) is 0 Å². The number of benzene rings is 1. The molecule has 12 heteroatoms. The first-order valence-corrected chi connectivity index (χ1v) is 10.4. The predicted molar refractivity (Wildman–Crippen MR) is 111 cm³/mol. The summed E-state index contributed by atoms with van der Waals surface area (Å²) in [6, 6.07) is 6.19. The molecule has 1 saturated heterocycles. The SMILES string of the molecule is NCC1OC(OC2C(NC(=O)OCc3ccccc3)CC(N)C(O)C2O)C(N)C(O)C1O. The first kappa shape index (κ1) is 24.8. The molecule has 1 heterocycles. The zero-order chi connectivity index (χ0) is 23.4. The summed E-state index contributed by atoms with van der Waals surface area (Å²) in [5.41, 5.74) is 18.2. The minimum atomic E-state index is -1.49. The highest BCUT2D eigenvalue weighted by Gasteiger charge is 2.49. The van der Waals surface area contributed by atoms with Crippen molar-refractivity contribution in [1.29, 1.82) is 0 Å². The Morgan fingerprint density at radius 3 is 2.41 bits per heavy atom. The fourth-order valence-corrected chi connectivity index (χ4v) is 3.91. The maximum atomic E-state index is 12.4. The van der Waals surface area contributed by atoms with Gasteiger partial charge in [-0.25, -0.2) is 4.79 Å². The van der Waals surface area contributed by atoms with Gasteiger partial charge in [0.05, 0.1) is 18.2 Å². The van der Waals surface area contributed by atoms with Gasteiger partial charge in [0.1, 0.15) is 37.1 Å². The highest BCUT2D eigenvalue weighted by Crippen LogP contribution is 2.28. The van der Waals surface area contributed by atoms with Gasteiger partial charge < -0.3 is 57.2 Å². The van der Waals surface area contributed by atoms with Crippen LogP contribution in [-0.2, 0) is 20.8 Å². The maximum Gasteiger partial charge on any atom is 0.407 e. The lowest BCUT2D eigenvalue weighted by molar-refractivity contribution is -0.288. The molecule has 0 bridgehead atoms. The quantitative estimate of drug-likeness (QED) is 0.214. The summed E-state index contributed by atoms with van der Waals surface area (Å²) in [5.74, 6) is 0. The molecule has 1 aromatic rings. The highest BCUT2D eigenvalue weighted by atomic mass is 16.7. The van der Waals surface area contributed by atoms with Gasteiger partial charge in [0.15, 0.2) is 6.29 Å². The Kier molecular flexibility index (Phi) is 8.38. The molecule has 0 spiro atoms. The van der Waals surface area contributed by atoms with Crippen molar-refractivity contribution in [2.45, 2.75) is 74.1 Å². The van der Waals surface area contributed by atoms with Gasteiger partial charge in [-0.1, -0.05) is 30.3 Å².